The Bertz CT molecular complexity index is 3840. The normalized spacial score (nSPS) is 16.1. The van der Waals surface area contributed by atoms with Gasteiger partial charge in [-0.2, -0.15) is 0 Å². The third kappa shape index (κ3) is 20.5. The Morgan fingerprint density at radius 3 is 1.48 bits per heavy atom. The number of rotatable bonds is 35. The van der Waals surface area contributed by atoms with Crippen molar-refractivity contribution in [3.8, 4) is 11.3 Å². The van der Waals surface area contributed by atoms with Crippen LogP contribution in [0.25, 0.3) is 77.5 Å². The Balaban J connectivity index is 0.801. The second kappa shape index (κ2) is 36.2. The fourth-order valence-corrected chi connectivity index (χ4v) is 10.4. The van der Waals surface area contributed by atoms with Crippen LogP contribution in [0.15, 0.2) is 134 Å². The van der Waals surface area contributed by atoms with Crippen molar-refractivity contribution in [2.75, 3.05) is 111 Å². The smallest absolute Gasteiger partial charge is 0.249 e. The molecule has 1 aliphatic heterocycles. The largest absolute Gasteiger partial charge is 0.394 e. The quantitative estimate of drug-likeness (QED) is 0.0130. The van der Waals surface area contributed by atoms with E-state index in [1.165, 1.54) is 0 Å². The van der Waals surface area contributed by atoms with E-state index in [2.05, 4.69) is 47.3 Å². The molecule has 2 amide bonds. The summed E-state index contributed by atoms with van der Waals surface area (Å²) in [6, 6.07) is 39.0. The van der Waals surface area contributed by atoms with Crippen LogP contribution in [0, 0.1) is 0 Å². The summed E-state index contributed by atoms with van der Waals surface area (Å²) in [4.78, 5) is 57.8. The number of hydrogen-bond acceptors (Lipinski definition) is 22. The minimum Gasteiger partial charge on any atom is -0.394 e. The van der Waals surface area contributed by atoms with Crippen LogP contribution >= 0.6 is 22.9 Å². The summed E-state index contributed by atoms with van der Waals surface area (Å²) in [5, 5.41) is 45.4. The average Bonchev–Trinajstić information content (AvgIpc) is 1.79. The van der Waals surface area contributed by atoms with Gasteiger partial charge in [0.1, 0.15) is 23.9 Å². The average molecular weight is 1390 g/mol. The van der Waals surface area contributed by atoms with Crippen LogP contribution < -0.4 is 14.2 Å². The molecule has 1 aliphatic rings. The summed E-state index contributed by atoms with van der Waals surface area (Å²) in [6.07, 6.45) is 0.000580. The summed E-state index contributed by atoms with van der Waals surface area (Å²) in [7, 11) is 0. The van der Waals surface area contributed by atoms with Gasteiger partial charge < -0.3 is 63.8 Å². The zero-order chi connectivity index (χ0) is 64.4. The number of amides is 2. The van der Waals surface area contributed by atoms with E-state index in [1.54, 1.807) is 23.0 Å². The van der Waals surface area contributed by atoms with Crippen molar-refractivity contribution in [3.63, 3.8) is 0 Å². The number of hydrogen-bond donors (Lipinski definition) is 6. The number of ether oxygens (including phenoxy) is 8. The number of anilines is 1. The van der Waals surface area contributed by atoms with Gasteiger partial charge in [-0.05, 0) is 116 Å². The third-order valence-corrected chi connectivity index (χ3v) is 15.6. The van der Waals surface area contributed by atoms with Crippen LogP contribution in [-0.2, 0) is 53.9 Å². The molecular formula is C67H77IN12O13. The lowest BCUT2D eigenvalue weighted by molar-refractivity contribution is -0.269. The maximum atomic E-state index is 14.6. The molecule has 6 N–H and O–H groups in total. The number of benzene rings is 1. The minimum absolute atomic E-state index is 0.0263. The summed E-state index contributed by atoms with van der Waals surface area (Å²) in [6.45, 7) is 6.34. The van der Waals surface area contributed by atoms with E-state index in [-0.39, 0.29) is 37.9 Å². The molecule has 8 aromatic heterocycles. The van der Waals surface area contributed by atoms with Gasteiger partial charge in [-0.15, -0.1) is 5.10 Å². The molecule has 12 bridgehead atoms. The molecule has 0 unspecified atom stereocenters. The monoisotopic (exact) mass is 1380 g/mol. The van der Waals surface area contributed by atoms with E-state index < -0.39 is 37.3 Å². The molecule has 0 aliphatic carbocycles. The van der Waals surface area contributed by atoms with Gasteiger partial charge in [0.2, 0.25) is 11.8 Å². The van der Waals surface area contributed by atoms with Crippen molar-refractivity contribution in [1.29, 1.82) is 0 Å². The molecule has 93 heavy (non-hydrogen) atoms. The lowest BCUT2D eigenvalue weighted by atomic mass is 10.0. The number of nitrogens with one attached hydrogen (secondary N) is 3. The molecule has 1 saturated heterocycles. The van der Waals surface area contributed by atoms with Crippen LogP contribution in [-0.4, -0.2) is 202 Å². The number of pyridine rings is 6. The summed E-state index contributed by atoms with van der Waals surface area (Å²) >= 11 is 2.08. The van der Waals surface area contributed by atoms with E-state index in [9.17, 15) is 24.9 Å². The van der Waals surface area contributed by atoms with Crippen molar-refractivity contribution in [3.05, 3.63) is 139 Å². The van der Waals surface area contributed by atoms with Crippen LogP contribution in [0.4, 0.5) is 5.69 Å². The molecule has 25 nitrogen and oxygen atoms in total. The van der Waals surface area contributed by atoms with Crippen molar-refractivity contribution >= 4 is 107 Å². The predicted octanol–water partition coefficient (Wildman–Crippen LogP) is 7.20. The van der Waals surface area contributed by atoms with Crippen LogP contribution in [0.2, 0.25) is 0 Å². The summed E-state index contributed by atoms with van der Waals surface area (Å²) in [5.41, 5.74) is 10.0. The van der Waals surface area contributed by atoms with E-state index in [0.29, 0.717) is 188 Å². The van der Waals surface area contributed by atoms with E-state index >= 15 is 0 Å². The molecule has 0 spiro atoms. The fourth-order valence-electron chi connectivity index (χ4n) is 10.2. The maximum Gasteiger partial charge on any atom is 0.249 e. The molecule has 490 valence electrons. The number of unbranched alkanes of at least 4 members (excludes halogenated alkanes) is 1. The number of halogens is 1. The molecule has 9 aromatic rings. The van der Waals surface area contributed by atoms with Crippen LogP contribution in [0.3, 0.4) is 0 Å². The van der Waals surface area contributed by atoms with Gasteiger partial charge in [-0.1, -0.05) is 47.7 Å². The number of fused-ring (bicyclic) bond motifs is 18. The topological polar surface area (TPSA) is 313 Å². The number of nitrogens with zero attached hydrogens (tertiary/aromatic N) is 9. The molecule has 1 fully saturated rings. The summed E-state index contributed by atoms with van der Waals surface area (Å²) < 4.78 is 49.1. The van der Waals surface area contributed by atoms with E-state index in [0.717, 1.165) is 12.1 Å². The molecule has 0 radical (unpaired) electrons. The second-order valence-corrected chi connectivity index (χ2v) is 22.6. The van der Waals surface area contributed by atoms with Crippen LogP contribution in [0.1, 0.15) is 43.7 Å². The highest BCUT2D eigenvalue weighted by Crippen LogP contribution is 2.28. The van der Waals surface area contributed by atoms with Gasteiger partial charge in [0.05, 0.1) is 171 Å². The highest BCUT2D eigenvalue weighted by molar-refractivity contribution is 14.1. The van der Waals surface area contributed by atoms with Crippen LogP contribution in [0.5, 0.6) is 0 Å². The molecule has 9 heterocycles. The molecule has 0 saturated carbocycles. The Morgan fingerprint density at radius 2 is 1.01 bits per heavy atom. The Hall–Kier alpha value is -7.55. The lowest BCUT2D eigenvalue weighted by Gasteiger charge is -2.36. The Morgan fingerprint density at radius 1 is 0.559 bits per heavy atom. The van der Waals surface area contributed by atoms with Crippen molar-refractivity contribution in [2.24, 2.45) is 0 Å². The minimum atomic E-state index is -1.04. The van der Waals surface area contributed by atoms with Gasteiger partial charge in [-0.3, -0.25) is 13.1 Å². The highest BCUT2D eigenvalue weighted by Gasteiger charge is 2.36. The number of aliphatic hydroxyl groups excluding tert-OH is 3. The lowest BCUT2D eigenvalue weighted by Crippen LogP contribution is -2.49. The van der Waals surface area contributed by atoms with Crippen molar-refractivity contribution in [1.82, 2.24) is 53.7 Å². The Labute approximate surface area is 550 Å². The van der Waals surface area contributed by atoms with Crippen molar-refractivity contribution < 1.29 is 62.8 Å². The maximum absolute atomic E-state index is 14.6. The van der Waals surface area contributed by atoms with Gasteiger partial charge >= 0.3 is 0 Å². The molecule has 5 atom stereocenters. The van der Waals surface area contributed by atoms with E-state index in [1.807, 2.05) is 115 Å². The molecular weight excluding hydrogens is 1310 g/mol. The Kier molecular flexibility index (Phi) is 26.6. The molecule has 1 aromatic carbocycles. The summed E-state index contributed by atoms with van der Waals surface area (Å²) in [5.74, 6) is -0.488. The first kappa shape index (κ1) is 68.3. The van der Waals surface area contributed by atoms with Crippen molar-refractivity contribution in [2.45, 2.75) is 69.2 Å². The van der Waals surface area contributed by atoms with Gasteiger partial charge in [0, 0.05) is 60.0 Å². The fraction of sp³-hybridized carbons (Fsp3) is 0.403. The zero-order valence-corrected chi connectivity index (χ0v) is 53.6. The second-order valence-electron chi connectivity index (χ2n) is 21.8. The first-order valence-corrected chi connectivity index (χ1v) is 32.3. The zero-order valence-electron chi connectivity index (χ0n) is 51.5. The molecule has 10 rings (SSSR count). The third-order valence-electron chi connectivity index (χ3n) is 15.1. The van der Waals surface area contributed by atoms with Gasteiger partial charge in [0.25, 0.3) is 0 Å². The number of carbonyl (C=O) groups is 2. The van der Waals surface area contributed by atoms with Gasteiger partial charge in [0.15, 0.2) is 6.29 Å². The SMILES string of the molecule is O=C(CCOCCOCCOCCOCCOCCOCCNI)NCCCC[C@@H](C(=O)Nc1ccc(CCO[C@@H]2O[C@H](CO)[C@@H](O)C[C@H]2O)cc1)n1cc(-c2cc3nc(c2)c2cccc(n2)c2cccc(n2)c2cccc(n2)c2cccc(n2)c2cccc3n2)nn1. The highest BCUT2D eigenvalue weighted by atomic mass is 127. The first-order chi connectivity index (χ1) is 45.7. The first-order valence-electron chi connectivity index (χ1n) is 31.2. The standard InChI is InChI=1S/C67H77IN12O13/c68-70-26-29-87-31-33-89-35-37-91-39-38-90-36-34-88-32-30-86-27-24-65(84)69-25-2-1-18-61(66(85)71-47-21-19-45(20-22-47)23-28-92-67-63(83)42-62(82)64(44-81)93-67)80-43-60(78-79-80)46-40-58-56-16-6-14-54(75-56)52-12-4-10-50(73-52)48-8-3-9-49(72-48)51-11-5-13-53(74-51)55-15-7-17-57(76-55)59(41-46)77-58/h3-17,19-22,40-41,43,61-64,67,70,81-83H,1-2,18,23-39,42,44H2,(H,69,84)(H,71,85)/t61-,62-,63+,64+,67+/m0/s1. The number of aliphatic hydroxyl groups is 3. The number of aromatic nitrogens is 9. The predicted molar refractivity (Wildman–Crippen MR) is 358 cm³/mol. The van der Waals surface area contributed by atoms with Gasteiger partial charge in [-0.25, -0.2) is 34.6 Å². The number of carbonyl (C=O) groups excluding carboxylic acids is 2. The van der Waals surface area contributed by atoms with E-state index in [4.69, 9.17) is 67.8 Å². The molecule has 26 heteroatoms.